The van der Waals surface area contributed by atoms with Gasteiger partial charge in [0.25, 0.3) is 0 Å². The Kier molecular flexibility index (Phi) is 3.12. The zero-order chi connectivity index (χ0) is 15.5. The number of carboxylic acids is 1. The number of hydrogen-bond donors (Lipinski definition) is 2. The molecule has 0 aliphatic heterocycles. The molecule has 0 saturated heterocycles. The second-order valence-corrected chi connectivity index (χ2v) is 8.43. The fourth-order valence-electron chi connectivity index (χ4n) is 6.18. The maximum atomic E-state index is 12.8. The van der Waals surface area contributed by atoms with E-state index in [4.69, 9.17) is 5.11 Å². The summed E-state index contributed by atoms with van der Waals surface area (Å²) in [6.07, 6.45) is 5.96. The third-order valence-electron chi connectivity index (χ3n) is 5.87. The van der Waals surface area contributed by atoms with Crippen LogP contribution in [0.25, 0.3) is 0 Å². The number of rotatable bonds is 4. The Morgan fingerprint density at radius 1 is 1.19 bits per heavy atom. The largest absolute Gasteiger partial charge is 0.480 e. The number of aliphatic carboxylic acids is 1. The summed E-state index contributed by atoms with van der Waals surface area (Å²) in [5, 5.41) is 11.4. The smallest absolute Gasteiger partial charge is 0.328 e. The highest BCUT2D eigenvalue weighted by Gasteiger charge is 2.62. The third-order valence-corrected chi connectivity index (χ3v) is 5.87. The van der Waals surface area contributed by atoms with E-state index in [0.29, 0.717) is 5.92 Å². The predicted octanol–water partition coefficient (Wildman–Crippen LogP) is 2.52. The summed E-state index contributed by atoms with van der Waals surface area (Å²) >= 11 is 0. The number of alkyl halides is 1. The van der Waals surface area contributed by atoms with Crippen LogP contribution in [0.15, 0.2) is 0 Å². The van der Waals surface area contributed by atoms with E-state index in [9.17, 15) is 14.0 Å². The molecule has 3 unspecified atom stereocenters. The molecule has 4 aliphatic carbocycles. The van der Waals surface area contributed by atoms with Crippen LogP contribution in [0, 0.1) is 22.2 Å². The molecule has 4 bridgehead atoms. The molecular formula is C16H24FNO3. The summed E-state index contributed by atoms with van der Waals surface area (Å²) in [5.74, 6) is -0.988. The van der Waals surface area contributed by atoms with E-state index in [1.807, 2.05) is 0 Å². The van der Waals surface area contributed by atoms with Gasteiger partial charge in [0.05, 0.1) is 5.41 Å². The molecule has 0 spiro atoms. The minimum absolute atomic E-state index is 0.180. The molecule has 0 aromatic heterocycles. The van der Waals surface area contributed by atoms with Crippen LogP contribution in [0.4, 0.5) is 4.39 Å². The first-order valence-electron chi connectivity index (χ1n) is 7.79. The van der Waals surface area contributed by atoms with Gasteiger partial charge in [-0.1, -0.05) is 13.8 Å². The Bertz CT molecular complexity index is 474. The molecule has 4 saturated carbocycles. The van der Waals surface area contributed by atoms with E-state index >= 15 is 0 Å². The standard InChI is InChI=1S/C16H24FNO3/c1-14-3-10-4-15(2,7-14)9-16(5-10,8-14)13(21)18-11(6-17)12(19)20/h10-11H,3-9H2,1-2H3,(H,18,21)(H,19,20). The van der Waals surface area contributed by atoms with Crippen molar-refractivity contribution in [2.45, 2.75) is 58.4 Å². The van der Waals surface area contributed by atoms with Gasteiger partial charge >= 0.3 is 5.97 Å². The molecule has 3 atom stereocenters. The molecule has 4 aliphatic rings. The summed E-state index contributed by atoms with van der Waals surface area (Å²) in [4.78, 5) is 23.7. The van der Waals surface area contributed by atoms with Crippen molar-refractivity contribution in [3.63, 3.8) is 0 Å². The van der Waals surface area contributed by atoms with Gasteiger partial charge in [-0.25, -0.2) is 9.18 Å². The van der Waals surface area contributed by atoms with Crippen LogP contribution in [0.3, 0.4) is 0 Å². The molecular weight excluding hydrogens is 273 g/mol. The second kappa shape index (κ2) is 4.43. The van der Waals surface area contributed by atoms with E-state index in [-0.39, 0.29) is 16.7 Å². The van der Waals surface area contributed by atoms with Crippen molar-refractivity contribution < 1.29 is 19.1 Å². The van der Waals surface area contributed by atoms with Crippen LogP contribution in [0.1, 0.15) is 52.4 Å². The van der Waals surface area contributed by atoms with Crippen molar-refractivity contribution >= 4 is 11.9 Å². The fraction of sp³-hybridized carbons (Fsp3) is 0.875. The van der Waals surface area contributed by atoms with Gasteiger partial charge in [0, 0.05) is 0 Å². The Morgan fingerprint density at radius 3 is 2.19 bits per heavy atom. The zero-order valence-corrected chi connectivity index (χ0v) is 12.7. The van der Waals surface area contributed by atoms with Crippen molar-refractivity contribution in [1.82, 2.24) is 5.32 Å². The second-order valence-electron chi connectivity index (χ2n) is 8.43. The first kappa shape index (κ1) is 14.8. The van der Waals surface area contributed by atoms with E-state index in [0.717, 1.165) is 25.7 Å². The lowest BCUT2D eigenvalue weighted by Crippen LogP contribution is -2.61. The van der Waals surface area contributed by atoms with E-state index in [1.165, 1.54) is 12.8 Å². The number of nitrogens with one attached hydrogen (secondary N) is 1. The van der Waals surface area contributed by atoms with E-state index < -0.39 is 24.1 Å². The van der Waals surface area contributed by atoms with Crippen LogP contribution >= 0.6 is 0 Å². The topological polar surface area (TPSA) is 66.4 Å². The highest BCUT2D eigenvalue weighted by Crippen LogP contribution is 2.69. The Labute approximate surface area is 124 Å². The lowest BCUT2D eigenvalue weighted by Gasteiger charge is -2.64. The van der Waals surface area contributed by atoms with Crippen LogP contribution in [-0.2, 0) is 9.59 Å². The zero-order valence-electron chi connectivity index (χ0n) is 12.7. The van der Waals surface area contributed by atoms with Gasteiger partial charge in [0.1, 0.15) is 6.67 Å². The normalized spacial score (nSPS) is 45.4. The average molecular weight is 297 g/mol. The summed E-state index contributed by atoms with van der Waals surface area (Å²) in [6.45, 7) is 3.44. The number of carboxylic acid groups (broad SMARTS) is 1. The van der Waals surface area contributed by atoms with Crippen LogP contribution in [0.5, 0.6) is 0 Å². The molecule has 0 aromatic rings. The molecule has 118 valence electrons. The Balaban J connectivity index is 1.84. The molecule has 0 aromatic carbocycles. The van der Waals surface area contributed by atoms with Gasteiger partial charge < -0.3 is 10.4 Å². The summed E-state index contributed by atoms with van der Waals surface area (Å²) in [6, 6.07) is -1.41. The minimum Gasteiger partial charge on any atom is -0.480 e. The summed E-state index contributed by atoms with van der Waals surface area (Å²) in [5.41, 5.74) is -0.119. The number of hydrogen-bond acceptors (Lipinski definition) is 2. The average Bonchev–Trinajstić information content (AvgIpc) is 2.30. The van der Waals surface area contributed by atoms with Crippen LogP contribution in [-0.4, -0.2) is 29.7 Å². The first-order valence-corrected chi connectivity index (χ1v) is 7.79. The van der Waals surface area contributed by atoms with Crippen molar-refractivity contribution in [3.8, 4) is 0 Å². The monoisotopic (exact) mass is 297 g/mol. The lowest BCUT2D eigenvalue weighted by molar-refractivity contribution is -0.172. The molecule has 4 nitrogen and oxygen atoms in total. The molecule has 4 rings (SSSR count). The van der Waals surface area contributed by atoms with Gasteiger partial charge in [-0.05, 0) is 55.3 Å². The van der Waals surface area contributed by atoms with Gasteiger partial charge in [-0.15, -0.1) is 0 Å². The number of carbonyl (C=O) groups excluding carboxylic acids is 1. The van der Waals surface area contributed by atoms with Gasteiger partial charge in [-0.2, -0.15) is 0 Å². The van der Waals surface area contributed by atoms with Crippen LogP contribution in [0.2, 0.25) is 0 Å². The molecule has 21 heavy (non-hydrogen) atoms. The molecule has 2 N–H and O–H groups in total. The third kappa shape index (κ3) is 2.34. The van der Waals surface area contributed by atoms with Crippen LogP contribution < -0.4 is 5.32 Å². The summed E-state index contributed by atoms with van der Waals surface area (Å²) in [7, 11) is 0. The van der Waals surface area contributed by atoms with Gasteiger partial charge in [0.2, 0.25) is 5.91 Å². The Hall–Kier alpha value is -1.13. The molecule has 0 heterocycles. The minimum atomic E-state index is -1.41. The highest BCUT2D eigenvalue weighted by atomic mass is 19.1. The maximum Gasteiger partial charge on any atom is 0.328 e. The lowest BCUT2D eigenvalue weighted by atomic mass is 9.40. The number of carbonyl (C=O) groups is 2. The number of halogens is 1. The Morgan fingerprint density at radius 2 is 1.76 bits per heavy atom. The van der Waals surface area contributed by atoms with Crippen molar-refractivity contribution in [1.29, 1.82) is 0 Å². The van der Waals surface area contributed by atoms with Gasteiger partial charge in [0.15, 0.2) is 6.04 Å². The molecule has 4 fully saturated rings. The number of amides is 1. The fourth-order valence-corrected chi connectivity index (χ4v) is 6.18. The van der Waals surface area contributed by atoms with E-state index in [1.54, 1.807) is 0 Å². The maximum absolute atomic E-state index is 12.8. The van der Waals surface area contributed by atoms with E-state index in [2.05, 4.69) is 19.2 Å². The van der Waals surface area contributed by atoms with Crippen molar-refractivity contribution in [3.05, 3.63) is 0 Å². The van der Waals surface area contributed by atoms with Crippen molar-refractivity contribution in [2.24, 2.45) is 22.2 Å². The summed E-state index contributed by atoms with van der Waals surface area (Å²) < 4.78 is 12.8. The SMILES string of the molecule is CC12CC3CC(C)(C1)CC(C(=O)NC(CF)C(=O)O)(C3)C2. The van der Waals surface area contributed by atoms with Gasteiger partial charge in [-0.3, -0.25) is 4.79 Å². The highest BCUT2D eigenvalue weighted by molar-refractivity contribution is 5.88. The molecule has 0 radical (unpaired) electrons. The first-order chi connectivity index (χ1) is 9.69. The molecule has 1 amide bonds. The van der Waals surface area contributed by atoms with Crippen molar-refractivity contribution in [2.75, 3.05) is 6.67 Å². The predicted molar refractivity (Wildman–Crippen MR) is 75.4 cm³/mol. The quantitative estimate of drug-likeness (QED) is 0.838. The molecule has 5 heteroatoms.